The van der Waals surface area contributed by atoms with Crippen LogP contribution in [0.3, 0.4) is 0 Å². The Labute approximate surface area is 291 Å². The number of hydrogen-bond donors (Lipinski definition) is 2. The van der Waals surface area contributed by atoms with Crippen LogP contribution in [0.5, 0.6) is 0 Å². The van der Waals surface area contributed by atoms with Crippen LogP contribution in [0.1, 0.15) is 42.7 Å². The van der Waals surface area contributed by atoms with E-state index < -0.39 is 11.8 Å². The summed E-state index contributed by atoms with van der Waals surface area (Å²) in [5.41, 5.74) is 13.3. The first-order valence-corrected chi connectivity index (χ1v) is 17.3. The van der Waals surface area contributed by atoms with Crippen LogP contribution in [0.15, 0.2) is 66.7 Å². The first-order chi connectivity index (χ1) is 23.2. The van der Waals surface area contributed by atoms with Crippen molar-refractivity contribution in [3.05, 3.63) is 99.2 Å². The van der Waals surface area contributed by atoms with Crippen molar-refractivity contribution in [3.8, 4) is 22.4 Å². The maximum absolute atomic E-state index is 12.6. The molecular weight excluding hydrogens is 647 g/mol. The van der Waals surface area contributed by atoms with Crippen LogP contribution in [0.25, 0.3) is 22.4 Å². The molecule has 2 aliphatic rings. The summed E-state index contributed by atoms with van der Waals surface area (Å²) < 4.78 is 7.80. The number of nitrogens with two attached hydrogens (primary N) is 1. The fourth-order valence-electron chi connectivity index (χ4n) is 6.77. The second-order valence-electron chi connectivity index (χ2n) is 12.8. The van der Waals surface area contributed by atoms with Crippen LogP contribution >= 0.6 is 23.2 Å². The van der Waals surface area contributed by atoms with Gasteiger partial charge in [0.1, 0.15) is 0 Å². The number of carbonyl (C=O) groups excluding carboxylic acids is 2. The van der Waals surface area contributed by atoms with Crippen LogP contribution < -0.4 is 11.1 Å². The van der Waals surface area contributed by atoms with Crippen molar-refractivity contribution in [3.63, 3.8) is 0 Å². The average molecular weight is 690 g/mol. The number of aromatic nitrogens is 2. The first-order valence-electron chi connectivity index (χ1n) is 16.5. The Balaban J connectivity index is 1.22. The largest absolute Gasteiger partial charge is 0.378 e. The molecular formula is C37H42Cl2N6O3. The van der Waals surface area contributed by atoms with E-state index in [0.29, 0.717) is 30.1 Å². The van der Waals surface area contributed by atoms with Crippen LogP contribution in [0, 0.1) is 0 Å². The number of benzene rings is 3. The molecule has 0 bridgehead atoms. The first kappa shape index (κ1) is 34.1. The van der Waals surface area contributed by atoms with E-state index in [9.17, 15) is 9.59 Å². The van der Waals surface area contributed by atoms with E-state index in [1.807, 2.05) is 36.4 Å². The van der Waals surface area contributed by atoms with Crippen molar-refractivity contribution >= 4 is 35.0 Å². The Morgan fingerprint density at radius 2 is 1.56 bits per heavy atom. The van der Waals surface area contributed by atoms with E-state index in [1.165, 1.54) is 10.5 Å². The third-order valence-corrected chi connectivity index (χ3v) is 9.93. The van der Waals surface area contributed by atoms with Gasteiger partial charge < -0.3 is 20.7 Å². The van der Waals surface area contributed by atoms with E-state index in [4.69, 9.17) is 38.8 Å². The second-order valence-corrected chi connectivity index (χ2v) is 13.6. The van der Waals surface area contributed by atoms with Gasteiger partial charge in [-0.15, -0.1) is 0 Å². The van der Waals surface area contributed by atoms with Crippen molar-refractivity contribution in [2.45, 2.75) is 65.0 Å². The van der Waals surface area contributed by atoms with Gasteiger partial charge in [0.2, 0.25) is 0 Å². The van der Waals surface area contributed by atoms with Gasteiger partial charge in [-0.05, 0) is 61.2 Å². The Hall–Kier alpha value is -3.73. The summed E-state index contributed by atoms with van der Waals surface area (Å²) in [6, 6.07) is 22.9. The van der Waals surface area contributed by atoms with Gasteiger partial charge in [-0.1, -0.05) is 65.7 Å². The SMILES string of the molecule is CC1COC[C@H](C)N1CCCn1nc(-c2ccc(Cl)c(-c3ccc(CNCc4ccc(Cl)cc4)cc3)c2)c2c1CCN(C(=O)C(N)=O)C2. The fraction of sp³-hybridized carbons (Fsp3) is 0.378. The zero-order valence-corrected chi connectivity index (χ0v) is 28.9. The van der Waals surface area contributed by atoms with Gasteiger partial charge in [-0.3, -0.25) is 19.2 Å². The molecule has 3 heterocycles. The maximum Gasteiger partial charge on any atom is 0.311 e. The highest BCUT2D eigenvalue weighted by Gasteiger charge is 2.31. The zero-order chi connectivity index (χ0) is 33.8. The molecule has 3 N–H and O–H groups in total. The minimum Gasteiger partial charge on any atom is -0.378 e. The van der Waals surface area contributed by atoms with E-state index in [0.717, 1.165) is 90.0 Å². The third-order valence-electron chi connectivity index (χ3n) is 9.34. The number of amides is 2. The lowest BCUT2D eigenvalue weighted by Crippen LogP contribution is -2.49. The lowest BCUT2D eigenvalue weighted by atomic mass is 9.97. The van der Waals surface area contributed by atoms with Gasteiger partial charge in [0.25, 0.3) is 0 Å². The molecule has 2 aliphatic heterocycles. The van der Waals surface area contributed by atoms with Gasteiger partial charge in [-0.2, -0.15) is 5.10 Å². The number of rotatable bonds is 10. The third kappa shape index (κ3) is 7.77. The maximum atomic E-state index is 12.6. The number of nitrogens with one attached hydrogen (secondary N) is 1. The summed E-state index contributed by atoms with van der Waals surface area (Å²) in [5.74, 6) is -1.62. The van der Waals surface area contributed by atoms with Gasteiger partial charge >= 0.3 is 11.8 Å². The van der Waals surface area contributed by atoms with E-state index in [-0.39, 0.29) is 6.54 Å². The molecule has 1 unspecified atom stereocenters. The smallest absolute Gasteiger partial charge is 0.311 e. The summed E-state index contributed by atoms with van der Waals surface area (Å²) in [4.78, 5) is 28.4. The number of morpholine rings is 1. The van der Waals surface area contributed by atoms with Crippen molar-refractivity contribution in [2.75, 3.05) is 26.3 Å². The summed E-state index contributed by atoms with van der Waals surface area (Å²) in [6.07, 6.45) is 1.53. The number of primary amides is 1. The van der Waals surface area contributed by atoms with E-state index in [2.05, 4.69) is 59.1 Å². The average Bonchev–Trinajstić information content (AvgIpc) is 3.45. The molecule has 0 aliphatic carbocycles. The summed E-state index contributed by atoms with van der Waals surface area (Å²) in [7, 11) is 0. The van der Waals surface area contributed by atoms with Gasteiger partial charge in [0, 0.05) is 83.7 Å². The summed E-state index contributed by atoms with van der Waals surface area (Å²) in [5, 5.41) is 9.97. The predicted octanol–water partition coefficient (Wildman–Crippen LogP) is 5.68. The molecule has 1 aromatic heterocycles. The topological polar surface area (TPSA) is 106 Å². The molecule has 48 heavy (non-hydrogen) atoms. The fourth-order valence-corrected chi connectivity index (χ4v) is 7.12. The number of aryl methyl sites for hydroxylation is 1. The van der Waals surface area contributed by atoms with Crippen LogP contribution in [-0.4, -0.2) is 69.8 Å². The highest BCUT2D eigenvalue weighted by atomic mass is 35.5. The summed E-state index contributed by atoms with van der Waals surface area (Å²) >= 11 is 12.8. The number of hydrogen-bond acceptors (Lipinski definition) is 6. The lowest BCUT2D eigenvalue weighted by molar-refractivity contribution is -0.144. The molecule has 252 valence electrons. The number of carbonyl (C=O) groups is 2. The molecule has 2 amide bonds. The normalized spacial score (nSPS) is 18.1. The standard InChI is InChI=1S/C37H42Cl2N6O3/c1-24-22-48-23-25(2)44(24)15-3-16-45-34-14-17-43(37(47)36(40)46)21-32(34)35(42-45)29-10-13-33(39)31(18-29)28-8-4-26(5-9-28)19-41-20-27-6-11-30(38)12-7-27/h4-13,18,24-25,41H,3,14-17,19-23H2,1-2H3,(H2,40,46)/t24-,25?/m0/s1. The molecule has 4 aromatic rings. The quantitative estimate of drug-likeness (QED) is 0.208. The van der Waals surface area contributed by atoms with Crippen LogP contribution in [-0.2, 0) is 46.9 Å². The van der Waals surface area contributed by atoms with Crippen LogP contribution in [0.2, 0.25) is 10.0 Å². The molecule has 11 heteroatoms. The lowest BCUT2D eigenvalue weighted by Gasteiger charge is -2.38. The zero-order valence-electron chi connectivity index (χ0n) is 27.4. The van der Waals surface area contributed by atoms with Crippen LogP contribution in [0.4, 0.5) is 0 Å². The molecule has 0 spiro atoms. The Morgan fingerprint density at radius 1 is 0.917 bits per heavy atom. The van der Waals surface area contributed by atoms with Crippen molar-refractivity contribution in [1.29, 1.82) is 0 Å². The van der Waals surface area contributed by atoms with Crippen molar-refractivity contribution < 1.29 is 14.3 Å². The molecule has 0 saturated carbocycles. The molecule has 9 nitrogen and oxygen atoms in total. The van der Waals surface area contributed by atoms with Gasteiger partial charge in [0.15, 0.2) is 0 Å². The van der Waals surface area contributed by atoms with Crippen molar-refractivity contribution in [2.24, 2.45) is 5.73 Å². The molecule has 3 aromatic carbocycles. The van der Waals surface area contributed by atoms with E-state index in [1.54, 1.807) is 0 Å². The Kier molecular flexibility index (Phi) is 10.8. The number of fused-ring (bicyclic) bond motifs is 1. The van der Waals surface area contributed by atoms with E-state index >= 15 is 0 Å². The summed E-state index contributed by atoms with van der Waals surface area (Å²) in [6.45, 7) is 9.78. The minimum absolute atomic E-state index is 0.277. The number of ether oxygens (including phenoxy) is 1. The predicted molar refractivity (Wildman–Crippen MR) is 189 cm³/mol. The van der Waals surface area contributed by atoms with Gasteiger partial charge in [-0.25, -0.2) is 0 Å². The monoisotopic (exact) mass is 688 g/mol. The van der Waals surface area contributed by atoms with Gasteiger partial charge in [0.05, 0.1) is 25.5 Å². The van der Waals surface area contributed by atoms with Crippen molar-refractivity contribution in [1.82, 2.24) is 24.9 Å². The molecule has 1 fully saturated rings. The minimum atomic E-state index is -0.946. The molecule has 2 atom stereocenters. The molecule has 6 rings (SSSR count). The Morgan fingerprint density at radius 3 is 2.23 bits per heavy atom. The number of nitrogens with zero attached hydrogens (tertiary/aromatic N) is 4. The second kappa shape index (κ2) is 15.2. The molecule has 0 radical (unpaired) electrons. The highest BCUT2D eigenvalue weighted by molar-refractivity contribution is 6.34. The Bertz CT molecular complexity index is 1750. The molecule has 1 saturated heterocycles. The highest BCUT2D eigenvalue weighted by Crippen LogP contribution is 2.36. The number of halogens is 2.